The molecule has 0 saturated carbocycles. The second kappa shape index (κ2) is 9.82. The second-order valence-electron chi connectivity index (χ2n) is 5.76. The maximum atomic E-state index is 12.1. The molecule has 0 aliphatic heterocycles. The van der Waals surface area contributed by atoms with Gasteiger partial charge in [0, 0.05) is 28.4 Å². The van der Waals surface area contributed by atoms with Gasteiger partial charge in [-0.15, -0.1) is 22.7 Å². The first-order valence-corrected chi connectivity index (χ1v) is 10.9. The molecular weight excluding hydrogens is 444 g/mol. The molecule has 0 saturated heterocycles. The Morgan fingerprint density at radius 1 is 1.30 bits per heavy atom. The summed E-state index contributed by atoms with van der Waals surface area (Å²) in [6.45, 7) is 3.00. The fraction of sp³-hybridized carbons (Fsp3) is 0.200. The molecule has 0 fully saturated rings. The summed E-state index contributed by atoms with van der Waals surface area (Å²) >= 11 is 6.73. The van der Waals surface area contributed by atoms with E-state index in [4.69, 9.17) is 4.74 Å². The van der Waals surface area contributed by atoms with Crippen LogP contribution < -0.4 is 10.1 Å². The van der Waals surface area contributed by atoms with Crippen molar-refractivity contribution in [1.82, 2.24) is 10.3 Å². The van der Waals surface area contributed by atoms with Gasteiger partial charge < -0.3 is 10.1 Å². The first-order valence-electron chi connectivity index (χ1n) is 8.43. The van der Waals surface area contributed by atoms with Crippen LogP contribution in [0.25, 0.3) is 6.08 Å². The largest absolute Gasteiger partial charge is 0.487 e. The van der Waals surface area contributed by atoms with Crippen LogP contribution in [0.1, 0.15) is 21.1 Å². The number of thiazole rings is 1. The summed E-state index contributed by atoms with van der Waals surface area (Å²) in [5.41, 5.74) is 1.77. The van der Waals surface area contributed by atoms with Crippen molar-refractivity contribution in [1.29, 1.82) is 0 Å². The van der Waals surface area contributed by atoms with Crippen molar-refractivity contribution in [2.45, 2.75) is 20.0 Å². The number of hydrogen-bond acceptors (Lipinski definition) is 5. The minimum Gasteiger partial charge on any atom is -0.487 e. The Balaban J connectivity index is 1.52. The van der Waals surface area contributed by atoms with Crippen LogP contribution in [0, 0.1) is 6.92 Å². The molecule has 3 aromatic rings. The lowest BCUT2D eigenvalue weighted by atomic mass is 10.2. The maximum absolute atomic E-state index is 12.1. The Kier molecular flexibility index (Phi) is 7.20. The molecule has 140 valence electrons. The van der Waals surface area contributed by atoms with Crippen LogP contribution >= 0.6 is 38.6 Å². The van der Waals surface area contributed by atoms with E-state index in [1.165, 1.54) is 4.88 Å². The van der Waals surface area contributed by atoms with Crippen molar-refractivity contribution < 1.29 is 9.53 Å². The van der Waals surface area contributed by atoms with Crippen molar-refractivity contribution >= 4 is 50.6 Å². The molecule has 0 radical (unpaired) electrons. The normalized spacial score (nSPS) is 11.0. The van der Waals surface area contributed by atoms with E-state index in [9.17, 15) is 4.79 Å². The number of carbonyl (C=O) groups is 1. The van der Waals surface area contributed by atoms with E-state index < -0.39 is 0 Å². The van der Waals surface area contributed by atoms with Crippen LogP contribution in [-0.4, -0.2) is 17.4 Å². The van der Waals surface area contributed by atoms with Gasteiger partial charge in [0.05, 0.1) is 14.5 Å². The number of hydrogen-bond donors (Lipinski definition) is 1. The topological polar surface area (TPSA) is 51.2 Å². The molecule has 2 heterocycles. The van der Waals surface area contributed by atoms with Crippen molar-refractivity contribution in [3.05, 3.63) is 72.8 Å². The van der Waals surface area contributed by atoms with E-state index in [1.807, 2.05) is 42.6 Å². The molecule has 0 atom stereocenters. The fourth-order valence-electron chi connectivity index (χ4n) is 2.40. The Labute approximate surface area is 175 Å². The molecule has 0 aliphatic carbocycles. The number of nitrogens with zero attached hydrogens (tertiary/aromatic N) is 1. The Hall–Kier alpha value is -1.96. The minimum atomic E-state index is -0.115. The number of amides is 1. The molecule has 0 spiro atoms. The molecule has 3 rings (SSSR count). The molecule has 4 nitrogen and oxygen atoms in total. The lowest BCUT2D eigenvalue weighted by molar-refractivity contribution is -0.116. The van der Waals surface area contributed by atoms with Gasteiger partial charge in [-0.1, -0.05) is 18.2 Å². The van der Waals surface area contributed by atoms with Gasteiger partial charge in [0.2, 0.25) is 5.91 Å². The van der Waals surface area contributed by atoms with Crippen molar-refractivity contribution in [2.75, 3.05) is 6.54 Å². The highest BCUT2D eigenvalue weighted by Crippen LogP contribution is 2.22. The van der Waals surface area contributed by atoms with Gasteiger partial charge in [0.25, 0.3) is 0 Å². The fourth-order valence-corrected chi connectivity index (χ4v) is 4.48. The highest BCUT2D eigenvalue weighted by atomic mass is 79.9. The molecule has 7 heteroatoms. The Bertz CT molecular complexity index is 933. The average Bonchev–Trinajstić information content (AvgIpc) is 3.27. The predicted molar refractivity (Wildman–Crippen MR) is 115 cm³/mol. The van der Waals surface area contributed by atoms with Crippen LogP contribution in [0.15, 0.2) is 51.6 Å². The monoisotopic (exact) mass is 462 g/mol. The molecule has 1 aromatic carbocycles. The minimum absolute atomic E-state index is 0.115. The number of nitrogens with one attached hydrogen (secondary N) is 1. The van der Waals surface area contributed by atoms with E-state index in [2.05, 4.69) is 32.3 Å². The first-order chi connectivity index (χ1) is 13.1. The number of aryl methyl sites for hydroxylation is 1. The van der Waals surface area contributed by atoms with Gasteiger partial charge in [-0.05, 0) is 53.5 Å². The van der Waals surface area contributed by atoms with E-state index in [1.54, 1.807) is 34.8 Å². The van der Waals surface area contributed by atoms with E-state index in [-0.39, 0.29) is 5.91 Å². The van der Waals surface area contributed by atoms with Crippen LogP contribution in [0.3, 0.4) is 0 Å². The van der Waals surface area contributed by atoms with E-state index >= 15 is 0 Å². The van der Waals surface area contributed by atoms with Gasteiger partial charge in [-0.3, -0.25) is 4.79 Å². The van der Waals surface area contributed by atoms with Crippen LogP contribution in [0.4, 0.5) is 0 Å². The predicted octanol–water partition coefficient (Wildman–Crippen LogP) is 5.23. The SMILES string of the molecule is Cc1nc(COc2ccccc2/C=C/C(=O)NCCc2ccc(Br)s2)cs1. The number of rotatable bonds is 8. The van der Waals surface area contributed by atoms with Crippen molar-refractivity contribution in [3.8, 4) is 5.75 Å². The first kappa shape index (κ1) is 19.8. The Morgan fingerprint density at radius 2 is 2.15 bits per heavy atom. The molecule has 27 heavy (non-hydrogen) atoms. The number of aromatic nitrogens is 1. The number of carbonyl (C=O) groups excluding carboxylic acids is 1. The summed E-state index contributed by atoms with van der Waals surface area (Å²) in [6, 6.07) is 11.7. The van der Waals surface area contributed by atoms with E-state index in [0.29, 0.717) is 13.2 Å². The third-order valence-electron chi connectivity index (χ3n) is 3.67. The average molecular weight is 463 g/mol. The van der Waals surface area contributed by atoms with Crippen LogP contribution in [0.5, 0.6) is 5.75 Å². The van der Waals surface area contributed by atoms with Gasteiger partial charge in [-0.2, -0.15) is 0 Å². The van der Waals surface area contributed by atoms with Gasteiger partial charge in [0.1, 0.15) is 12.4 Å². The highest BCUT2D eigenvalue weighted by molar-refractivity contribution is 9.11. The molecule has 2 aromatic heterocycles. The summed E-state index contributed by atoms with van der Waals surface area (Å²) in [4.78, 5) is 17.7. The summed E-state index contributed by atoms with van der Waals surface area (Å²) < 4.78 is 6.97. The molecular formula is C20H19BrN2O2S2. The van der Waals surface area contributed by atoms with Crippen molar-refractivity contribution in [2.24, 2.45) is 0 Å². The zero-order valence-electron chi connectivity index (χ0n) is 14.8. The van der Waals surface area contributed by atoms with Crippen LogP contribution in [0.2, 0.25) is 0 Å². The van der Waals surface area contributed by atoms with Gasteiger partial charge in [-0.25, -0.2) is 4.98 Å². The lowest BCUT2D eigenvalue weighted by Gasteiger charge is -2.07. The number of benzene rings is 1. The number of ether oxygens (including phenoxy) is 1. The Morgan fingerprint density at radius 3 is 2.89 bits per heavy atom. The van der Waals surface area contributed by atoms with Crippen molar-refractivity contribution in [3.63, 3.8) is 0 Å². The standard InChI is InChI=1S/C20H19BrN2O2S2/c1-14-23-16(13-26-14)12-25-18-5-3-2-4-15(18)6-9-20(24)22-11-10-17-7-8-19(21)27-17/h2-9,13H,10-12H2,1H3,(H,22,24)/b9-6+. The summed E-state index contributed by atoms with van der Waals surface area (Å²) in [7, 11) is 0. The molecule has 0 unspecified atom stereocenters. The van der Waals surface area contributed by atoms with E-state index in [0.717, 1.165) is 32.2 Å². The summed E-state index contributed by atoms with van der Waals surface area (Å²) in [5.74, 6) is 0.617. The number of para-hydroxylation sites is 1. The molecule has 0 aliphatic rings. The number of halogens is 1. The summed E-state index contributed by atoms with van der Waals surface area (Å²) in [5, 5.41) is 5.92. The summed E-state index contributed by atoms with van der Waals surface area (Å²) in [6.07, 6.45) is 4.14. The molecule has 1 amide bonds. The maximum Gasteiger partial charge on any atom is 0.244 e. The highest BCUT2D eigenvalue weighted by Gasteiger charge is 2.04. The molecule has 1 N–H and O–H groups in total. The lowest BCUT2D eigenvalue weighted by Crippen LogP contribution is -2.23. The zero-order valence-corrected chi connectivity index (χ0v) is 18.0. The smallest absolute Gasteiger partial charge is 0.244 e. The van der Waals surface area contributed by atoms with Gasteiger partial charge >= 0.3 is 0 Å². The molecule has 0 bridgehead atoms. The second-order valence-corrected chi connectivity index (χ2v) is 9.37. The third-order valence-corrected chi connectivity index (χ3v) is 6.18. The third kappa shape index (κ3) is 6.30. The number of thiophene rings is 1. The quantitative estimate of drug-likeness (QED) is 0.466. The zero-order chi connectivity index (χ0) is 19.1. The van der Waals surface area contributed by atoms with Gasteiger partial charge in [0.15, 0.2) is 0 Å². The van der Waals surface area contributed by atoms with Crippen LogP contribution in [-0.2, 0) is 17.8 Å².